The van der Waals surface area contributed by atoms with Crippen LogP contribution in [0.5, 0.6) is 0 Å². The predicted molar refractivity (Wildman–Crippen MR) is 144 cm³/mol. The summed E-state index contributed by atoms with van der Waals surface area (Å²) in [5, 5.41) is 6.51. The Morgan fingerprint density at radius 2 is 1.75 bits per heavy atom. The second-order valence-corrected chi connectivity index (χ2v) is 11.3. The summed E-state index contributed by atoms with van der Waals surface area (Å²) in [5.41, 5.74) is 3.42. The minimum atomic E-state index is -0.340. The second-order valence-electron chi connectivity index (χ2n) is 10.3. The Balaban J connectivity index is 1.41. The smallest absolute Gasteiger partial charge is 0.259 e. The maximum Gasteiger partial charge on any atom is 0.259 e. The van der Waals surface area contributed by atoms with E-state index in [1.54, 1.807) is 18.4 Å². The average Bonchev–Trinajstić information content (AvgIpc) is 3.62. The van der Waals surface area contributed by atoms with Gasteiger partial charge in [-0.1, -0.05) is 18.2 Å². The van der Waals surface area contributed by atoms with Crippen molar-refractivity contribution in [3.8, 4) is 0 Å². The SMILES string of the molecule is COC(C)(C)CN1CCC(n2cc(C3=C(c4c[nH]c5sccc45)C(=O)NC3=O)c3ccccc32)CC1. The molecule has 1 fully saturated rings. The van der Waals surface area contributed by atoms with Gasteiger partial charge in [-0.25, -0.2) is 0 Å². The number of nitrogens with one attached hydrogen (secondary N) is 2. The molecule has 1 aromatic carbocycles. The fourth-order valence-corrected chi connectivity index (χ4v) is 6.46. The van der Waals surface area contributed by atoms with E-state index < -0.39 is 0 Å². The van der Waals surface area contributed by atoms with E-state index in [-0.39, 0.29) is 17.4 Å². The third-order valence-electron chi connectivity index (χ3n) is 7.62. The molecule has 2 aliphatic heterocycles. The average molecular weight is 503 g/mol. The molecule has 3 aromatic heterocycles. The van der Waals surface area contributed by atoms with Crippen molar-refractivity contribution in [2.45, 2.75) is 38.3 Å². The largest absolute Gasteiger partial charge is 0.377 e. The zero-order valence-electron chi connectivity index (χ0n) is 20.8. The maximum absolute atomic E-state index is 13.2. The molecule has 0 unspecified atom stereocenters. The molecule has 0 spiro atoms. The lowest BCUT2D eigenvalue weighted by Gasteiger charge is -2.37. The van der Waals surface area contributed by atoms with Crippen molar-refractivity contribution in [1.29, 1.82) is 0 Å². The number of rotatable bonds is 6. The fourth-order valence-electron chi connectivity index (χ4n) is 5.69. The first-order valence-electron chi connectivity index (χ1n) is 12.4. The number of methoxy groups -OCH3 is 1. The van der Waals surface area contributed by atoms with Crippen LogP contribution in [0.3, 0.4) is 0 Å². The molecule has 186 valence electrons. The van der Waals surface area contributed by atoms with Crippen molar-refractivity contribution < 1.29 is 14.3 Å². The molecule has 0 aliphatic carbocycles. The number of thiophene rings is 1. The quantitative estimate of drug-likeness (QED) is 0.371. The number of hydrogen-bond donors (Lipinski definition) is 2. The standard InChI is InChI=1S/C28H30N4O3S/c1-28(2,35-3)16-31-11-8-17(9-12-31)32-15-21(18-6-4-5-7-22(18)32)24-23(25(33)30-26(24)34)20-14-29-27-19(20)10-13-36-27/h4-7,10,13-15,17,29H,8-9,11-12,16H2,1-3H3,(H,30,33,34). The molecule has 2 N–H and O–H groups in total. The Labute approximate surface area is 213 Å². The van der Waals surface area contributed by atoms with Gasteiger partial charge in [0, 0.05) is 72.6 Å². The Morgan fingerprint density at radius 1 is 1.03 bits per heavy atom. The second kappa shape index (κ2) is 8.73. The van der Waals surface area contributed by atoms with Crippen LogP contribution in [0.4, 0.5) is 0 Å². The summed E-state index contributed by atoms with van der Waals surface area (Å²) in [5.74, 6) is -0.674. The Kier molecular flexibility index (Phi) is 5.63. The lowest BCUT2D eigenvalue weighted by atomic mass is 9.96. The molecule has 0 atom stereocenters. The van der Waals surface area contributed by atoms with Gasteiger partial charge in [0.05, 0.1) is 16.7 Å². The minimum Gasteiger partial charge on any atom is -0.377 e. The van der Waals surface area contributed by atoms with Gasteiger partial charge in [-0.15, -0.1) is 11.3 Å². The van der Waals surface area contributed by atoms with Crippen molar-refractivity contribution >= 4 is 55.4 Å². The normalized spacial score (nSPS) is 18.2. The van der Waals surface area contributed by atoms with Crippen LogP contribution in [0.15, 0.2) is 48.1 Å². The third-order valence-corrected chi connectivity index (χ3v) is 8.47. The maximum atomic E-state index is 13.2. The number of piperidine rings is 1. The van der Waals surface area contributed by atoms with Crippen molar-refractivity contribution in [2.75, 3.05) is 26.7 Å². The van der Waals surface area contributed by atoms with Gasteiger partial charge in [-0.3, -0.25) is 14.9 Å². The van der Waals surface area contributed by atoms with E-state index in [1.165, 1.54) is 0 Å². The Morgan fingerprint density at radius 3 is 2.50 bits per heavy atom. The van der Waals surface area contributed by atoms with Crippen molar-refractivity contribution in [2.24, 2.45) is 0 Å². The first kappa shape index (κ1) is 23.2. The molecule has 4 aromatic rings. The number of fused-ring (bicyclic) bond motifs is 2. The zero-order chi connectivity index (χ0) is 25.0. The fraction of sp³-hybridized carbons (Fsp3) is 0.357. The summed E-state index contributed by atoms with van der Waals surface area (Å²) in [4.78, 5) is 32.9. The number of amides is 2. The highest BCUT2D eigenvalue weighted by Crippen LogP contribution is 2.40. The van der Waals surface area contributed by atoms with Gasteiger partial charge in [0.25, 0.3) is 11.8 Å². The van der Waals surface area contributed by atoms with E-state index >= 15 is 0 Å². The third kappa shape index (κ3) is 3.80. The van der Waals surface area contributed by atoms with Crippen molar-refractivity contribution in [1.82, 2.24) is 19.8 Å². The molecule has 0 saturated carbocycles. The molecular formula is C28H30N4O3S. The lowest BCUT2D eigenvalue weighted by molar-refractivity contribution is -0.122. The molecule has 2 amide bonds. The summed E-state index contributed by atoms with van der Waals surface area (Å²) in [7, 11) is 1.77. The van der Waals surface area contributed by atoms with Gasteiger partial charge in [-0.05, 0) is 44.2 Å². The molecule has 2 aliphatic rings. The number of benzene rings is 1. The molecule has 0 radical (unpaired) electrons. The van der Waals surface area contributed by atoms with Crippen LogP contribution in [-0.2, 0) is 14.3 Å². The van der Waals surface area contributed by atoms with Gasteiger partial charge in [0.15, 0.2) is 0 Å². The molecule has 36 heavy (non-hydrogen) atoms. The lowest BCUT2D eigenvalue weighted by Crippen LogP contribution is -2.44. The van der Waals surface area contributed by atoms with Crippen molar-refractivity contribution in [3.05, 3.63) is 59.2 Å². The number of para-hydroxylation sites is 1. The molecule has 1 saturated heterocycles. The number of nitrogens with zero attached hydrogens (tertiary/aromatic N) is 2. The number of ether oxygens (including phenoxy) is 1. The van der Waals surface area contributed by atoms with E-state index in [4.69, 9.17) is 4.74 Å². The molecule has 7 nitrogen and oxygen atoms in total. The molecule has 8 heteroatoms. The van der Waals surface area contributed by atoms with Crippen LogP contribution in [0, 0.1) is 0 Å². The van der Waals surface area contributed by atoms with Crippen LogP contribution in [-0.4, -0.2) is 58.6 Å². The monoisotopic (exact) mass is 502 g/mol. The summed E-state index contributed by atoms with van der Waals surface area (Å²) >= 11 is 1.59. The van der Waals surface area contributed by atoms with Crippen LogP contribution in [0.1, 0.15) is 43.9 Å². The van der Waals surface area contributed by atoms with Crippen LogP contribution in [0.2, 0.25) is 0 Å². The summed E-state index contributed by atoms with van der Waals surface area (Å²) in [6, 6.07) is 10.5. The number of aromatic amines is 1. The Bertz CT molecular complexity index is 1510. The van der Waals surface area contributed by atoms with E-state index in [0.717, 1.165) is 64.7 Å². The Hall–Kier alpha value is -3.20. The molecule has 5 heterocycles. The zero-order valence-corrected chi connectivity index (χ0v) is 21.6. The van der Waals surface area contributed by atoms with Crippen LogP contribution >= 0.6 is 11.3 Å². The highest BCUT2D eigenvalue weighted by molar-refractivity contribution is 7.16. The van der Waals surface area contributed by atoms with Gasteiger partial charge in [-0.2, -0.15) is 0 Å². The van der Waals surface area contributed by atoms with E-state index in [1.807, 2.05) is 29.8 Å². The summed E-state index contributed by atoms with van der Waals surface area (Å²) < 4.78 is 7.95. The van der Waals surface area contributed by atoms with Gasteiger partial charge in [0.1, 0.15) is 4.83 Å². The first-order chi connectivity index (χ1) is 17.4. The number of carbonyl (C=O) groups excluding carboxylic acids is 2. The van der Waals surface area contributed by atoms with Crippen molar-refractivity contribution in [3.63, 3.8) is 0 Å². The number of aromatic nitrogens is 2. The summed E-state index contributed by atoms with van der Waals surface area (Å²) in [6.45, 7) is 7.13. The topological polar surface area (TPSA) is 79.4 Å². The van der Waals surface area contributed by atoms with Gasteiger partial charge in [0.2, 0.25) is 0 Å². The highest BCUT2D eigenvalue weighted by atomic mass is 32.1. The van der Waals surface area contributed by atoms with E-state index in [9.17, 15) is 9.59 Å². The van der Waals surface area contributed by atoms with Gasteiger partial charge >= 0.3 is 0 Å². The minimum absolute atomic E-state index is 0.169. The highest BCUT2D eigenvalue weighted by Gasteiger charge is 2.36. The molecular weight excluding hydrogens is 472 g/mol. The van der Waals surface area contributed by atoms with Crippen LogP contribution in [0.25, 0.3) is 32.3 Å². The number of carbonyl (C=O) groups is 2. The number of H-pyrrole nitrogens is 1. The summed E-state index contributed by atoms with van der Waals surface area (Å²) in [6.07, 6.45) is 5.96. The van der Waals surface area contributed by atoms with Gasteiger partial charge < -0.3 is 19.2 Å². The molecule has 6 rings (SSSR count). The number of imide groups is 1. The van der Waals surface area contributed by atoms with E-state index in [2.05, 4.69) is 51.9 Å². The number of likely N-dealkylation sites (tertiary alicyclic amines) is 1. The molecule has 0 bridgehead atoms. The van der Waals surface area contributed by atoms with E-state index in [0.29, 0.717) is 17.2 Å². The predicted octanol–water partition coefficient (Wildman–Crippen LogP) is 4.81. The number of hydrogen-bond acceptors (Lipinski definition) is 5. The first-order valence-corrected chi connectivity index (χ1v) is 13.3. The van der Waals surface area contributed by atoms with Crippen LogP contribution < -0.4 is 5.32 Å².